The Bertz CT molecular complexity index is 743. The Kier molecular flexibility index (Phi) is 4.29. The van der Waals surface area contributed by atoms with E-state index in [0.29, 0.717) is 5.11 Å². The smallest absolute Gasteiger partial charge is 0.269 e. The van der Waals surface area contributed by atoms with Crippen LogP contribution in [0.3, 0.4) is 0 Å². The molecule has 0 fully saturated rings. The molecule has 120 valence electrons. The maximum Gasteiger partial charge on any atom is 0.269 e. The van der Waals surface area contributed by atoms with E-state index in [4.69, 9.17) is 12.2 Å². The number of nitro benzene ring substituents is 1. The van der Waals surface area contributed by atoms with Crippen LogP contribution < -0.4 is 5.32 Å². The van der Waals surface area contributed by atoms with Crippen molar-refractivity contribution in [3.05, 3.63) is 64.0 Å². The minimum absolute atomic E-state index is 0.0977. The van der Waals surface area contributed by atoms with Crippen molar-refractivity contribution in [2.75, 3.05) is 13.1 Å². The maximum atomic E-state index is 11.1. The predicted octanol–water partition coefficient (Wildman–Crippen LogP) is 2.70. The average Bonchev–Trinajstić information content (AvgIpc) is 3.02. The second-order valence-electron chi connectivity index (χ2n) is 5.41. The van der Waals surface area contributed by atoms with Crippen LogP contribution in [-0.2, 0) is 6.54 Å². The van der Waals surface area contributed by atoms with E-state index in [1.54, 1.807) is 12.1 Å². The first-order valence-corrected chi connectivity index (χ1v) is 7.96. The molecule has 1 aromatic heterocycles. The van der Waals surface area contributed by atoms with Crippen molar-refractivity contribution in [1.82, 2.24) is 14.8 Å². The van der Waals surface area contributed by atoms with Gasteiger partial charge in [0.25, 0.3) is 5.69 Å². The van der Waals surface area contributed by atoms with E-state index in [0.717, 1.165) is 30.9 Å². The zero-order valence-electron chi connectivity index (χ0n) is 12.8. The molecule has 23 heavy (non-hydrogen) atoms. The molecule has 7 heteroatoms. The number of thiocarbonyl (C=S) groups is 1. The predicted molar refractivity (Wildman–Crippen MR) is 92.4 cm³/mol. The third-order valence-electron chi connectivity index (χ3n) is 4.02. The van der Waals surface area contributed by atoms with Crippen molar-refractivity contribution in [3.8, 4) is 0 Å². The molecule has 1 N–H and O–H groups in total. The molecule has 0 radical (unpaired) electrons. The summed E-state index contributed by atoms with van der Waals surface area (Å²) in [5.74, 6) is 0. The number of hydrogen-bond donors (Lipinski definition) is 1. The first-order chi connectivity index (χ1) is 11.1. The summed E-state index contributed by atoms with van der Waals surface area (Å²) in [5.41, 5.74) is 2.07. The third-order valence-corrected chi connectivity index (χ3v) is 4.40. The Labute approximate surface area is 139 Å². The van der Waals surface area contributed by atoms with Crippen molar-refractivity contribution in [1.29, 1.82) is 0 Å². The van der Waals surface area contributed by atoms with Crippen molar-refractivity contribution < 1.29 is 4.92 Å². The standard InChI is InChI=1S/C16H18N4O2S/c1-2-17-16(23)19-10-9-18-8-4-7-14(18)15(19)12-5-3-6-13(11-12)20(21)22/h3-8,11,15H,2,9-10H2,1H3,(H,17,23)/t15-/m1/s1. The lowest BCUT2D eigenvalue weighted by atomic mass is 10.00. The van der Waals surface area contributed by atoms with E-state index in [2.05, 4.69) is 14.8 Å². The van der Waals surface area contributed by atoms with Crippen molar-refractivity contribution in [2.24, 2.45) is 0 Å². The molecule has 2 heterocycles. The molecular weight excluding hydrogens is 312 g/mol. The molecule has 6 nitrogen and oxygen atoms in total. The van der Waals surface area contributed by atoms with Gasteiger partial charge in [-0.05, 0) is 36.8 Å². The van der Waals surface area contributed by atoms with E-state index in [1.165, 1.54) is 6.07 Å². The fourth-order valence-electron chi connectivity index (χ4n) is 3.01. The van der Waals surface area contributed by atoms with Crippen LogP contribution >= 0.6 is 12.2 Å². The highest BCUT2D eigenvalue weighted by atomic mass is 32.1. The van der Waals surface area contributed by atoms with Crippen LogP contribution in [0.1, 0.15) is 24.2 Å². The number of nitrogens with one attached hydrogen (secondary N) is 1. The van der Waals surface area contributed by atoms with E-state index in [1.807, 2.05) is 31.3 Å². The van der Waals surface area contributed by atoms with Crippen LogP contribution in [0.15, 0.2) is 42.6 Å². The van der Waals surface area contributed by atoms with Crippen LogP contribution in [0.4, 0.5) is 5.69 Å². The summed E-state index contributed by atoms with van der Waals surface area (Å²) < 4.78 is 2.18. The first-order valence-electron chi connectivity index (χ1n) is 7.55. The van der Waals surface area contributed by atoms with Gasteiger partial charge >= 0.3 is 0 Å². The zero-order valence-corrected chi connectivity index (χ0v) is 13.6. The maximum absolute atomic E-state index is 11.1. The van der Waals surface area contributed by atoms with Gasteiger partial charge in [0.15, 0.2) is 5.11 Å². The fraction of sp³-hybridized carbons (Fsp3) is 0.312. The highest BCUT2D eigenvalue weighted by molar-refractivity contribution is 7.80. The lowest BCUT2D eigenvalue weighted by Gasteiger charge is -2.39. The number of non-ortho nitro benzene ring substituents is 1. The largest absolute Gasteiger partial charge is 0.363 e. The molecule has 2 aromatic rings. The molecule has 0 unspecified atom stereocenters. The van der Waals surface area contributed by atoms with Crippen molar-refractivity contribution >= 4 is 23.0 Å². The highest BCUT2D eigenvalue weighted by Crippen LogP contribution is 2.33. The number of nitrogens with zero attached hydrogens (tertiary/aromatic N) is 3. The van der Waals surface area contributed by atoms with E-state index in [-0.39, 0.29) is 16.7 Å². The van der Waals surface area contributed by atoms with Gasteiger partial charge in [-0.15, -0.1) is 0 Å². The lowest BCUT2D eigenvalue weighted by Crippen LogP contribution is -2.47. The summed E-state index contributed by atoms with van der Waals surface area (Å²) in [6.07, 6.45) is 2.04. The summed E-state index contributed by atoms with van der Waals surface area (Å²) >= 11 is 5.51. The van der Waals surface area contributed by atoms with Crippen LogP contribution in [-0.4, -0.2) is 32.6 Å². The van der Waals surface area contributed by atoms with Gasteiger partial charge in [0.2, 0.25) is 0 Å². The average molecular weight is 330 g/mol. The van der Waals surface area contributed by atoms with Crippen LogP contribution in [0.5, 0.6) is 0 Å². The number of aromatic nitrogens is 1. The molecular formula is C16H18N4O2S. The Morgan fingerprint density at radius 1 is 1.39 bits per heavy atom. The van der Waals surface area contributed by atoms with Gasteiger partial charge in [0.1, 0.15) is 0 Å². The topological polar surface area (TPSA) is 63.3 Å². The van der Waals surface area contributed by atoms with Gasteiger partial charge in [-0.3, -0.25) is 10.1 Å². The van der Waals surface area contributed by atoms with Gasteiger partial charge in [-0.2, -0.15) is 0 Å². The third kappa shape index (κ3) is 2.92. The minimum Gasteiger partial charge on any atom is -0.363 e. The van der Waals surface area contributed by atoms with Crippen LogP contribution in [0.2, 0.25) is 0 Å². The Hall–Kier alpha value is -2.41. The molecule has 0 amide bonds. The summed E-state index contributed by atoms with van der Waals surface area (Å²) in [6.45, 7) is 4.36. The summed E-state index contributed by atoms with van der Waals surface area (Å²) in [6, 6.07) is 10.7. The van der Waals surface area contributed by atoms with Crippen molar-refractivity contribution in [2.45, 2.75) is 19.5 Å². The molecule has 1 aliphatic heterocycles. The number of nitro groups is 1. The summed E-state index contributed by atoms with van der Waals surface area (Å²) in [7, 11) is 0. The molecule has 0 aliphatic carbocycles. The summed E-state index contributed by atoms with van der Waals surface area (Å²) in [5, 5.41) is 15.0. The fourth-order valence-corrected chi connectivity index (χ4v) is 3.36. The second kappa shape index (κ2) is 6.37. The van der Waals surface area contributed by atoms with E-state index < -0.39 is 0 Å². The molecule has 3 rings (SSSR count). The molecule has 0 saturated heterocycles. The Balaban J connectivity index is 2.05. The molecule has 1 aliphatic rings. The van der Waals surface area contributed by atoms with Gasteiger partial charge in [-0.1, -0.05) is 12.1 Å². The Morgan fingerprint density at radius 3 is 2.96 bits per heavy atom. The second-order valence-corrected chi connectivity index (χ2v) is 5.80. The van der Waals surface area contributed by atoms with Gasteiger partial charge in [-0.25, -0.2) is 0 Å². The SMILES string of the molecule is CCNC(=S)N1CCn2cccc2[C@H]1c1cccc([N+](=O)[O-])c1. The minimum atomic E-state index is -0.363. The number of hydrogen-bond acceptors (Lipinski definition) is 3. The molecule has 1 aromatic carbocycles. The van der Waals surface area contributed by atoms with E-state index in [9.17, 15) is 10.1 Å². The van der Waals surface area contributed by atoms with E-state index >= 15 is 0 Å². The number of benzene rings is 1. The van der Waals surface area contributed by atoms with Gasteiger partial charge in [0.05, 0.1) is 11.0 Å². The quantitative estimate of drug-likeness (QED) is 0.532. The normalized spacial score (nSPS) is 16.7. The molecule has 0 spiro atoms. The monoisotopic (exact) mass is 330 g/mol. The Morgan fingerprint density at radius 2 is 2.22 bits per heavy atom. The van der Waals surface area contributed by atoms with Gasteiger partial charge < -0.3 is 14.8 Å². The zero-order chi connectivity index (χ0) is 16.4. The summed E-state index contributed by atoms with van der Waals surface area (Å²) in [4.78, 5) is 12.8. The highest BCUT2D eigenvalue weighted by Gasteiger charge is 2.31. The number of rotatable bonds is 3. The number of fused-ring (bicyclic) bond motifs is 1. The molecule has 0 saturated carbocycles. The van der Waals surface area contributed by atoms with Crippen molar-refractivity contribution in [3.63, 3.8) is 0 Å². The lowest BCUT2D eigenvalue weighted by molar-refractivity contribution is -0.384. The molecule has 0 bridgehead atoms. The first kappa shape index (κ1) is 15.5. The van der Waals surface area contributed by atoms with Gasteiger partial charge in [0, 0.05) is 43.7 Å². The van der Waals surface area contributed by atoms with Crippen LogP contribution in [0.25, 0.3) is 0 Å². The molecule has 1 atom stereocenters. The van der Waals surface area contributed by atoms with Crippen LogP contribution in [0, 0.1) is 10.1 Å².